The molecule has 1 aromatic heterocycles. The summed E-state index contributed by atoms with van der Waals surface area (Å²) in [6.45, 7) is 0. The van der Waals surface area contributed by atoms with E-state index in [-0.39, 0.29) is 16.9 Å². The molecule has 0 radical (unpaired) electrons. The minimum absolute atomic E-state index is 0.166. The van der Waals surface area contributed by atoms with E-state index in [0.29, 0.717) is 0 Å². The second-order valence-electron chi connectivity index (χ2n) is 3.11. The van der Waals surface area contributed by atoms with E-state index in [1.165, 1.54) is 12.1 Å². The van der Waals surface area contributed by atoms with Gasteiger partial charge in [0.2, 0.25) is 0 Å². The molecule has 0 saturated carbocycles. The first-order valence-electron chi connectivity index (χ1n) is 4.47. The minimum Gasteiger partial charge on any atom is -0.476 e. The Morgan fingerprint density at radius 1 is 1.53 bits per heavy atom. The summed E-state index contributed by atoms with van der Waals surface area (Å²) < 4.78 is 14.1. The molecule has 0 aliphatic carbocycles. The van der Waals surface area contributed by atoms with Gasteiger partial charge >= 0.3 is 5.97 Å². The molecule has 0 amide bonds. The molecule has 0 aliphatic heterocycles. The zero-order valence-corrected chi connectivity index (χ0v) is 8.33. The maximum atomic E-state index is 13.1. The van der Waals surface area contributed by atoms with Gasteiger partial charge in [0.05, 0.1) is 17.4 Å². The summed E-state index contributed by atoms with van der Waals surface area (Å²) in [5.74, 6) is -1.88. The second kappa shape index (κ2) is 4.02. The normalized spacial score (nSPS) is 9.88. The van der Waals surface area contributed by atoms with E-state index in [1.807, 2.05) is 0 Å². The molecule has 17 heavy (non-hydrogen) atoms. The fraction of sp³-hybridized carbons (Fsp3) is 0. The van der Waals surface area contributed by atoms with Gasteiger partial charge in [-0.15, -0.1) is 5.10 Å². The van der Waals surface area contributed by atoms with Crippen molar-refractivity contribution in [3.8, 4) is 11.8 Å². The largest absolute Gasteiger partial charge is 0.476 e. The molecule has 1 N–H and O–H groups in total. The number of nitrogens with zero attached hydrogens (tertiary/aromatic N) is 4. The van der Waals surface area contributed by atoms with Crippen LogP contribution in [0.5, 0.6) is 0 Å². The summed E-state index contributed by atoms with van der Waals surface area (Å²) >= 11 is 0. The van der Waals surface area contributed by atoms with Crippen LogP contribution < -0.4 is 0 Å². The molecule has 6 nitrogen and oxygen atoms in total. The lowest BCUT2D eigenvalue weighted by molar-refractivity contribution is 0.0687. The summed E-state index contributed by atoms with van der Waals surface area (Å²) in [7, 11) is 0. The number of carbonyl (C=O) groups is 1. The number of hydrogen-bond acceptors (Lipinski definition) is 4. The molecule has 2 rings (SSSR count). The van der Waals surface area contributed by atoms with Gasteiger partial charge in [-0.25, -0.2) is 13.9 Å². The summed E-state index contributed by atoms with van der Waals surface area (Å²) in [5, 5.41) is 24.5. The Bertz CT molecular complexity index is 629. The van der Waals surface area contributed by atoms with Gasteiger partial charge < -0.3 is 5.11 Å². The van der Waals surface area contributed by atoms with Gasteiger partial charge in [-0.1, -0.05) is 5.21 Å². The first kappa shape index (κ1) is 10.8. The van der Waals surface area contributed by atoms with Gasteiger partial charge in [0.25, 0.3) is 0 Å². The van der Waals surface area contributed by atoms with Crippen molar-refractivity contribution in [1.29, 1.82) is 5.26 Å². The minimum atomic E-state index is -1.21. The van der Waals surface area contributed by atoms with Gasteiger partial charge in [0.1, 0.15) is 11.9 Å². The molecule has 0 aliphatic rings. The molecule has 0 bridgehead atoms. The lowest BCUT2D eigenvalue weighted by atomic mass is 10.2. The van der Waals surface area contributed by atoms with Crippen LogP contribution in [0.3, 0.4) is 0 Å². The van der Waals surface area contributed by atoms with Crippen LogP contribution in [0, 0.1) is 17.1 Å². The second-order valence-corrected chi connectivity index (χ2v) is 3.11. The van der Waals surface area contributed by atoms with Crippen molar-refractivity contribution in [2.75, 3.05) is 0 Å². The van der Waals surface area contributed by atoms with E-state index in [2.05, 4.69) is 10.3 Å². The van der Waals surface area contributed by atoms with Crippen LogP contribution in [0.25, 0.3) is 5.69 Å². The Balaban J connectivity index is 2.58. The molecule has 84 valence electrons. The highest BCUT2D eigenvalue weighted by Crippen LogP contribution is 2.14. The fourth-order valence-electron chi connectivity index (χ4n) is 1.30. The predicted molar refractivity (Wildman–Crippen MR) is 53.0 cm³/mol. The molecule has 1 aromatic carbocycles. The maximum absolute atomic E-state index is 13.1. The standard InChI is InChI=1S/C10H5FN4O2/c11-8-2-1-7(3-6(8)4-12)15-9(10(16)17)5-13-14-15/h1-3,5H,(H,16,17). The van der Waals surface area contributed by atoms with E-state index in [4.69, 9.17) is 10.4 Å². The smallest absolute Gasteiger partial charge is 0.356 e. The molecular formula is C10H5FN4O2. The fourth-order valence-corrected chi connectivity index (χ4v) is 1.30. The van der Waals surface area contributed by atoms with Crippen LogP contribution in [0.4, 0.5) is 4.39 Å². The quantitative estimate of drug-likeness (QED) is 0.833. The topological polar surface area (TPSA) is 91.8 Å². The lowest BCUT2D eigenvalue weighted by Crippen LogP contribution is -2.08. The number of aromatic nitrogens is 3. The predicted octanol–water partition coefficient (Wildman–Crippen LogP) is 0.976. The molecule has 2 aromatic rings. The van der Waals surface area contributed by atoms with E-state index in [1.54, 1.807) is 6.07 Å². The highest BCUT2D eigenvalue weighted by atomic mass is 19.1. The number of hydrogen-bond donors (Lipinski definition) is 1. The van der Waals surface area contributed by atoms with Crippen molar-refractivity contribution in [3.05, 3.63) is 41.5 Å². The van der Waals surface area contributed by atoms with Crippen molar-refractivity contribution >= 4 is 5.97 Å². The molecule has 0 spiro atoms. The average Bonchev–Trinajstić information content (AvgIpc) is 2.78. The average molecular weight is 232 g/mol. The number of carboxylic acids is 1. The maximum Gasteiger partial charge on any atom is 0.356 e. The Kier molecular flexibility index (Phi) is 2.54. The van der Waals surface area contributed by atoms with E-state index in [9.17, 15) is 9.18 Å². The summed E-state index contributed by atoms with van der Waals surface area (Å²) in [5.41, 5.74) is -0.0901. The Morgan fingerprint density at radius 2 is 2.29 bits per heavy atom. The molecule has 0 atom stereocenters. The van der Waals surface area contributed by atoms with Gasteiger partial charge in [0, 0.05) is 0 Å². The van der Waals surface area contributed by atoms with Gasteiger partial charge in [-0.2, -0.15) is 5.26 Å². The van der Waals surface area contributed by atoms with E-state index in [0.717, 1.165) is 16.9 Å². The molecule has 0 saturated heterocycles. The Hall–Kier alpha value is -2.75. The number of benzene rings is 1. The highest BCUT2D eigenvalue weighted by Gasteiger charge is 2.14. The summed E-state index contributed by atoms with van der Waals surface area (Å²) in [6, 6.07) is 5.25. The zero-order valence-electron chi connectivity index (χ0n) is 8.33. The Morgan fingerprint density at radius 3 is 2.94 bits per heavy atom. The molecule has 0 unspecified atom stereocenters. The van der Waals surface area contributed by atoms with E-state index >= 15 is 0 Å². The Labute approximate surface area is 94.5 Å². The third kappa shape index (κ3) is 1.83. The molecule has 7 heteroatoms. The monoisotopic (exact) mass is 232 g/mol. The van der Waals surface area contributed by atoms with E-state index < -0.39 is 11.8 Å². The molecule has 1 heterocycles. The van der Waals surface area contributed by atoms with Crippen molar-refractivity contribution in [3.63, 3.8) is 0 Å². The third-order valence-corrected chi connectivity index (χ3v) is 2.08. The number of halogens is 1. The van der Waals surface area contributed by atoms with Crippen molar-refractivity contribution in [2.24, 2.45) is 0 Å². The first-order valence-corrected chi connectivity index (χ1v) is 4.47. The SMILES string of the molecule is N#Cc1cc(-n2nncc2C(=O)O)ccc1F. The molecular weight excluding hydrogens is 227 g/mol. The highest BCUT2D eigenvalue weighted by molar-refractivity contribution is 5.85. The zero-order chi connectivity index (χ0) is 12.4. The van der Waals surface area contributed by atoms with Crippen molar-refractivity contribution < 1.29 is 14.3 Å². The molecule has 0 fully saturated rings. The van der Waals surface area contributed by atoms with Crippen LogP contribution >= 0.6 is 0 Å². The lowest BCUT2D eigenvalue weighted by Gasteiger charge is -2.03. The van der Waals surface area contributed by atoms with Crippen LogP contribution in [-0.4, -0.2) is 26.1 Å². The number of carboxylic acid groups (broad SMARTS) is 1. The summed E-state index contributed by atoms with van der Waals surface area (Å²) in [6.07, 6.45) is 1.07. The number of nitriles is 1. The van der Waals surface area contributed by atoms with Crippen LogP contribution in [0.15, 0.2) is 24.4 Å². The number of rotatable bonds is 2. The van der Waals surface area contributed by atoms with Crippen LogP contribution in [0.1, 0.15) is 16.1 Å². The number of aromatic carboxylic acids is 1. The van der Waals surface area contributed by atoms with Crippen LogP contribution in [-0.2, 0) is 0 Å². The van der Waals surface area contributed by atoms with Crippen molar-refractivity contribution in [1.82, 2.24) is 15.0 Å². The van der Waals surface area contributed by atoms with Gasteiger partial charge in [-0.05, 0) is 18.2 Å². The summed E-state index contributed by atoms with van der Waals surface area (Å²) in [4.78, 5) is 10.8. The third-order valence-electron chi connectivity index (χ3n) is 2.08. The van der Waals surface area contributed by atoms with Gasteiger partial charge in [-0.3, -0.25) is 0 Å². The van der Waals surface area contributed by atoms with Crippen LogP contribution in [0.2, 0.25) is 0 Å². The van der Waals surface area contributed by atoms with Gasteiger partial charge in [0.15, 0.2) is 5.69 Å². The van der Waals surface area contributed by atoms with Crippen molar-refractivity contribution in [2.45, 2.75) is 0 Å². The first-order chi connectivity index (χ1) is 8.13.